The van der Waals surface area contributed by atoms with Gasteiger partial charge in [-0.25, -0.2) is 0 Å². The van der Waals surface area contributed by atoms with Crippen molar-refractivity contribution in [3.63, 3.8) is 0 Å². The average Bonchev–Trinajstić information content (AvgIpc) is 3.15. The molecule has 0 bridgehead atoms. The van der Waals surface area contributed by atoms with Gasteiger partial charge < -0.3 is 9.73 Å². The molecular weight excluding hydrogens is 426 g/mol. The summed E-state index contributed by atoms with van der Waals surface area (Å²) in [5, 5.41) is 11.1. The van der Waals surface area contributed by atoms with Crippen molar-refractivity contribution in [2.45, 2.75) is 30.2 Å². The van der Waals surface area contributed by atoms with E-state index in [9.17, 15) is 4.79 Å². The Hall–Kier alpha value is -2.12. The second kappa shape index (κ2) is 9.19. The number of aromatic nitrogens is 2. The molecule has 1 N–H and O–H groups in total. The SMILES string of the molecule is CC(Sc1nnc(-c2ccc(Br)cc2)o1)C(=O)NCC(C)c1ccccc1. The molecule has 3 aromatic rings. The van der Waals surface area contributed by atoms with Crippen LogP contribution in [-0.2, 0) is 4.79 Å². The van der Waals surface area contributed by atoms with Gasteiger partial charge in [0.05, 0.1) is 5.25 Å². The van der Waals surface area contributed by atoms with Gasteiger partial charge in [-0.15, -0.1) is 10.2 Å². The summed E-state index contributed by atoms with van der Waals surface area (Å²) < 4.78 is 6.65. The Balaban J connectivity index is 1.53. The number of nitrogens with zero attached hydrogens (tertiary/aromatic N) is 2. The van der Waals surface area contributed by atoms with Crippen LogP contribution in [0.15, 0.2) is 68.7 Å². The van der Waals surface area contributed by atoms with Crippen LogP contribution in [0.3, 0.4) is 0 Å². The zero-order valence-electron chi connectivity index (χ0n) is 15.1. The lowest BCUT2D eigenvalue weighted by molar-refractivity contribution is -0.120. The first-order valence-corrected chi connectivity index (χ1v) is 10.3. The molecule has 0 saturated heterocycles. The molecule has 1 amide bonds. The molecule has 0 spiro atoms. The molecule has 0 aliphatic rings. The Morgan fingerprint density at radius 1 is 1.11 bits per heavy atom. The first-order valence-electron chi connectivity index (χ1n) is 8.61. The predicted octanol–water partition coefficient (Wildman–Crippen LogP) is 4.90. The Bertz CT molecular complexity index is 884. The number of halogens is 1. The molecule has 3 rings (SSSR count). The third kappa shape index (κ3) is 5.43. The lowest BCUT2D eigenvalue weighted by atomic mass is 10.0. The van der Waals surface area contributed by atoms with Crippen LogP contribution in [0, 0.1) is 0 Å². The number of hydrogen-bond donors (Lipinski definition) is 1. The second-order valence-electron chi connectivity index (χ2n) is 6.20. The van der Waals surface area contributed by atoms with Crippen molar-refractivity contribution in [2.24, 2.45) is 0 Å². The highest BCUT2D eigenvalue weighted by Crippen LogP contribution is 2.27. The van der Waals surface area contributed by atoms with Crippen LogP contribution in [0.25, 0.3) is 11.5 Å². The summed E-state index contributed by atoms with van der Waals surface area (Å²) in [6.45, 7) is 4.51. The van der Waals surface area contributed by atoms with E-state index in [1.54, 1.807) is 0 Å². The predicted molar refractivity (Wildman–Crippen MR) is 111 cm³/mol. The van der Waals surface area contributed by atoms with Gasteiger partial charge in [-0.1, -0.05) is 64.9 Å². The maximum atomic E-state index is 12.4. The molecule has 1 aromatic heterocycles. The molecule has 5 nitrogen and oxygen atoms in total. The van der Waals surface area contributed by atoms with Gasteiger partial charge in [0.1, 0.15) is 0 Å². The molecule has 2 unspecified atom stereocenters. The number of rotatable bonds is 7. The van der Waals surface area contributed by atoms with Gasteiger partial charge in [0.15, 0.2) is 0 Å². The maximum Gasteiger partial charge on any atom is 0.277 e. The van der Waals surface area contributed by atoms with Gasteiger partial charge in [-0.3, -0.25) is 4.79 Å². The summed E-state index contributed by atoms with van der Waals surface area (Å²) in [6, 6.07) is 17.7. The van der Waals surface area contributed by atoms with E-state index in [1.165, 1.54) is 17.3 Å². The summed E-state index contributed by atoms with van der Waals surface area (Å²) in [7, 11) is 0. The molecule has 0 aliphatic carbocycles. The quantitative estimate of drug-likeness (QED) is 0.523. The van der Waals surface area contributed by atoms with Crippen molar-refractivity contribution in [1.29, 1.82) is 0 Å². The average molecular weight is 446 g/mol. The Morgan fingerprint density at radius 2 is 1.81 bits per heavy atom. The normalized spacial score (nSPS) is 13.1. The third-order valence-electron chi connectivity index (χ3n) is 4.10. The van der Waals surface area contributed by atoms with E-state index in [-0.39, 0.29) is 17.1 Å². The number of benzene rings is 2. The van der Waals surface area contributed by atoms with Gasteiger partial charge in [-0.05, 0) is 42.7 Å². The molecule has 1 heterocycles. The molecule has 2 aromatic carbocycles. The monoisotopic (exact) mass is 445 g/mol. The molecule has 0 fully saturated rings. The zero-order valence-corrected chi connectivity index (χ0v) is 17.5. The molecule has 140 valence electrons. The van der Waals surface area contributed by atoms with Crippen LogP contribution < -0.4 is 5.32 Å². The van der Waals surface area contributed by atoms with Gasteiger partial charge in [0.2, 0.25) is 11.8 Å². The smallest absolute Gasteiger partial charge is 0.277 e. The first-order chi connectivity index (χ1) is 13.0. The van der Waals surface area contributed by atoms with E-state index in [2.05, 4.69) is 50.5 Å². The minimum atomic E-state index is -0.328. The van der Waals surface area contributed by atoms with E-state index in [0.29, 0.717) is 17.7 Å². The lowest BCUT2D eigenvalue weighted by Crippen LogP contribution is -2.33. The summed E-state index contributed by atoms with van der Waals surface area (Å²) in [6.07, 6.45) is 0. The largest absolute Gasteiger partial charge is 0.411 e. The summed E-state index contributed by atoms with van der Waals surface area (Å²) in [5.41, 5.74) is 2.04. The van der Waals surface area contributed by atoms with E-state index in [0.717, 1.165) is 10.0 Å². The lowest BCUT2D eigenvalue weighted by Gasteiger charge is -2.15. The molecule has 27 heavy (non-hydrogen) atoms. The van der Waals surface area contributed by atoms with Gasteiger partial charge in [-0.2, -0.15) is 0 Å². The fourth-order valence-corrected chi connectivity index (χ4v) is 3.44. The molecule has 0 aliphatic heterocycles. The second-order valence-corrected chi connectivity index (χ2v) is 8.40. The van der Waals surface area contributed by atoms with Crippen molar-refractivity contribution in [1.82, 2.24) is 15.5 Å². The Labute approximate surface area is 171 Å². The van der Waals surface area contributed by atoms with Crippen LogP contribution >= 0.6 is 27.7 Å². The molecule has 2 atom stereocenters. The van der Waals surface area contributed by atoms with Crippen molar-refractivity contribution in [2.75, 3.05) is 6.54 Å². The number of carbonyl (C=O) groups is 1. The van der Waals surface area contributed by atoms with Crippen molar-refractivity contribution < 1.29 is 9.21 Å². The van der Waals surface area contributed by atoms with Gasteiger partial charge in [0, 0.05) is 16.6 Å². The summed E-state index contributed by atoms with van der Waals surface area (Å²) >= 11 is 4.65. The molecule has 7 heteroatoms. The van der Waals surface area contributed by atoms with E-state index >= 15 is 0 Å². The highest BCUT2D eigenvalue weighted by Gasteiger charge is 2.19. The van der Waals surface area contributed by atoms with Crippen LogP contribution in [-0.4, -0.2) is 27.9 Å². The standard InChI is InChI=1S/C20H20BrN3O2S/c1-13(15-6-4-3-5-7-15)12-22-18(25)14(2)27-20-24-23-19(26-20)16-8-10-17(21)11-9-16/h3-11,13-14H,12H2,1-2H3,(H,22,25). The maximum absolute atomic E-state index is 12.4. The molecule has 0 radical (unpaired) electrons. The minimum Gasteiger partial charge on any atom is -0.411 e. The van der Waals surface area contributed by atoms with E-state index in [1.807, 2.05) is 49.4 Å². The number of carbonyl (C=O) groups excluding carboxylic acids is 1. The molecular formula is C20H20BrN3O2S. The van der Waals surface area contributed by atoms with Crippen LogP contribution in [0.2, 0.25) is 0 Å². The van der Waals surface area contributed by atoms with Crippen molar-refractivity contribution in [3.05, 3.63) is 64.6 Å². The van der Waals surface area contributed by atoms with Crippen LogP contribution in [0.4, 0.5) is 0 Å². The zero-order chi connectivity index (χ0) is 19.2. The number of hydrogen-bond acceptors (Lipinski definition) is 5. The van der Waals surface area contributed by atoms with Crippen LogP contribution in [0.5, 0.6) is 0 Å². The fourth-order valence-electron chi connectivity index (χ4n) is 2.47. The topological polar surface area (TPSA) is 68.0 Å². The number of thioether (sulfide) groups is 1. The summed E-state index contributed by atoms with van der Waals surface area (Å²) in [4.78, 5) is 12.4. The van der Waals surface area contributed by atoms with Crippen molar-refractivity contribution >= 4 is 33.6 Å². The van der Waals surface area contributed by atoms with Crippen molar-refractivity contribution in [3.8, 4) is 11.5 Å². The first kappa shape index (κ1) is 19.6. The highest BCUT2D eigenvalue weighted by molar-refractivity contribution is 9.10. The Kier molecular flexibility index (Phi) is 6.68. The number of amides is 1. The molecule has 0 saturated carbocycles. The van der Waals surface area contributed by atoms with E-state index in [4.69, 9.17) is 4.42 Å². The van der Waals surface area contributed by atoms with Crippen LogP contribution in [0.1, 0.15) is 25.3 Å². The van der Waals surface area contributed by atoms with Gasteiger partial charge >= 0.3 is 0 Å². The number of nitrogens with one attached hydrogen (secondary N) is 1. The van der Waals surface area contributed by atoms with Gasteiger partial charge in [0.25, 0.3) is 5.22 Å². The summed E-state index contributed by atoms with van der Waals surface area (Å²) in [5.74, 6) is 0.640. The minimum absolute atomic E-state index is 0.0498. The third-order valence-corrected chi connectivity index (χ3v) is 5.56. The van der Waals surface area contributed by atoms with E-state index < -0.39 is 0 Å². The highest BCUT2D eigenvalue weighted by atomic mass is 79.9. The Morgan fingerprint density at radius 3 is 2.52 bits per heavy atom. The fraction of sp³-hybridized carbons (Fsp3) is 0.250.